The highest BCUT2D eigenvalue weighted by Gasteiger charge is 2.09. The van der Waals surface area contributed by atoms with Crippen LogP contribution in [-0.4, -0.2) is 22.8 Å². The number of carbonyl (C=O) groups is 1. The Balaban J connectivity index is 1.68. The highest BCUT2D eigenvalue weighted by atomic mass is 19.1. The molecular weight excluding hydrogens is 309 g/mol. The lowest BCUT2D eigenvalue weighted by molar-refractivity contribution is -0.116. The molecule has 1 aromatic heterocycles. The van der Waals surface area contributed by atoms with Crippen LogP contribution in [0.2, 0.25) is 0 Å². The highest BCUT2D eigenvalue weighted by Crippen LogP contribution is 2.23. The average Bonchev–Trinajstić information content (AvgIpc) is 3.04. The molecule has 0 saturated carbocycles. The number of methoxy groups -OCH3 is 1. The van der Waals surface area contributed by atoms with Crippen LogP contribution < -0.4 is 10.1 Å². The van der Waals surface area contributed by atoms with E-state index in [2.05, 4.69) is 10.4 Å². The molecule has 0 unspecified atom stereocenters. The Morgan fingerprint density at radius 2 is 1.92 bits per heavy atom. The highest BCUT2D eigenvalue weighted by molar-refractivity contribution is 5.92. The number of rotatable bonds is 5. The number of halogens is 1. The molecule has 122 valence electrons. The molecule has 0 radical (unpaired) electrons. The number of hydrogen-bond acceptors (Lipinski definition) is 3. The number of nitrogens with zero attached hydrogens (tertiary/aromatic N) is 2. The van der Waals surface area contributed by atoms with Crippen LogP contribution >= 0.6 is 0 Å². The molecule has 0 spiro atoms. The molecule has 0 fully saturated rings. The second-order valence-electron chi connectivity index (χ2n) is 5.15. The van der Waals surface area contributed by atoms with Gasteiger partial charge < -0.3 is 10.1 Å². The first-order valence-electron chi connectivity index (χ1n) is 7.38. The maximum Gasteiger partial charge on any atom is 0.246 e. The topological polar surface area (TPSA) is 56.1 Å². The molecule has 0 saturated heterocycles. The van der Waals surface area contributed by atoms with Gasteiger partial charge in [0.05, 0.1) is 18.5 Å². The number of anilines is 1. The zero-order chi connectivity index (χ0) is 16.9. The van der Waals surface area contributed by atoms with Crippen molar-refractivity contribution in [3.63, 3.8) is 0 Å². The number of hydrogen-bond donors (Lipinski definition) is 1. The van der Waals surface area contributed by atoms with E-state index in [4.69, 9.17) is 4.74 Å². The molecule has 5 nitrogen and oxygen atoms in total. The van der Waals surface area contributed by atoms with Crippen molar-refractivity contribution in [2.45, 2.75) is 6.54 Å². The molecular formula is C18H16FN3O2. The van der Waals surface area contributed by atoms with E-state index in [-0.39, 0.29) is 18.3 Å². The van der Waals surface area contributed by atoms with Crippen LogP contribution in [0, 0.1) is 5.82 Å². The molecule has 0 atom stereocenters. The lowest BCUT2D eigenvalue weighted by atomic mass is 10.1. The zero-order valence-corrected chi connectivity index (χ0v) is 13.1. The van der Waals surface area contributed by atoms with Gasteiger partial charge in [0.1, 0.15) is 18.1 Å². The Kier molecular flexibility index (Phi) is 4.56. The van der Waals surface area contributed by atoms with Gasteiger partial charge in [0.15, 0.2) is 0 Å². The average molecular weight is 325 g/mol. The Bertz CT molecular complexity index is 843. The smallest absolute Gasteiger partial charge is 0.246 e. The Morgan fingerprint density at radius 3 is 2.67 bits per heavy atom. The van der Waals surface area contributed by atoms with Gasteiger partial charge in [-0.3, -0.25) is 9.48 Å². The van der Waals surface area contributed by atoms with Crippen LogP contribution in [0.5, 0.6) is 5.75 Å². The van der Waals surface area contributed by atoms with Crippen molar-refractivity contribution >= 4 is 11.6 Å². The van der Waals surface area contributed by atoms with Gasteiger partial charge in [-0.05, 0) is 42.5 Å². The summed E-state index contributed by atoms with van der Waals surface area (Å²) in [7, 11) is 1.55. The Hall–Kier alpha value is -3.15. The molecule has 1 N–H and O–H groups in total. The van der Waals surface area contributed by atoms with Crippen molar-refractivity contribution in [1.29, 1.82) is 0 Å². The molecule has 0 bridgehead atoms. The second kappa shape index (κ2) is 6.95. The first-order chi connectivity index (χ1) is 11.7. The van der Waals surface area contributed by atoms with Gasteiger partial charge in [0.2, 0.25) is 5.91 Å². The number of ether oxygens (including phenoxy) is 1. The van der Waals surface area contributed by atoms with Gasteiger partial charge in [-0.25, -0.2) is 4.39 Å². The van der Waals surface area contributed by atoms with E-state index in [1.807, 2.05) is 12.1 Å². The Morgan fingerprint density at radius 1 is 1.17 bits per heavy atom. The van der Waals surface area contributed by atoms with E-state index >= 15 is 0 Å². The maximum absolute atomic E-state index is 13.0. The van der Waals surface area contributed by atoms with Gasteiger partial charge >= 0.3 is 0 Å². The summed E-state index contributed by atoms with van der Waals surface area (Å²) >= 11 is 0. The minimum absolute atomic E-state index is 0.0687. The van der Waals surface area contributed by atoms with Crippen molar-refractivity contribution in [3.8, 4) is 17.0 Å². The van der Waals surface area contributed by atoms with Crippen molar-refractivity contribution in [1.82, 2.24) is 9.78 Å². The first-order valence-corrected chi connectivity index (χ1v) is 7.38. The summed E-state index contributed by atoms with van der Waals surface area (Å²) in [5.41, 5.74) is 2.08. The summed E-state index contributed by atoms with van der Waals surface area (Å²) in [6.07, 6.45) is 1.71. The SMILES string of the molecule is COc1ccccc1NC(=O)Cn1ccc(-c2ccc(F)cc2)n1. The van der Waals surface area contributed by atoms with Gasteiger partial charge in [-0.2, -0.15) is 5.10 Å². The number of amides is 1. The fraction of sp³-hybridized carbons (Fsp3) is 0.111. The van der Waals surface area contributed by atoms with Crippen LogP contribution in [0.1, 0.15) is 0 Å². The zero-order valence-electron chi connectivity index (χ0n) is 13.1. The molecule has 6 heteroatoms. The molecule has 3 aromatic rings. The van der Waals surface area contributed by atoms with Gasteiger partial charge in [-0.15, -0.1) is 0 Å². The molecule has 1 heterocycles. The monoisotopic (exact) mass is 325 g/mol. The number of aromatic nitrogens is 2. The third-order valence-corrected chi connectivity index (χ3v) is 3.47. The lowest BCUT2D eigenvalue weighted by Crippen LogP contribution is -2.19. The van der Waals surface area contributed by atoms with Crippen LogP contribution in [-0.2, 0) is 11.3 Å². The predicted molar refractivity (Wildman–Crippen MR) is 89.2 cm³/mol. The van der Waals surface area contributed by atoms with E-state index in [1.54, 1.807) is 43.6 Å². The van der Waals surface area contributed by atoms with E-state index in [1.165, 1.54) is 16.8 Å². The summed E-state index contributed by atoms with van der Waals surface area (Å²) < 4.78 is 19.7. The molecule has 0 aliphatic carbocycles. The van der Waals surface area contributed by atoms with Crippen molar-refractivity contribution < 1.29 is 13.9 Å². The maximum atomic E-state index is 13.0. The van der Waals surface area contributed by atoms with Crippen LogP contribution in [0.4, 0.5) is 10.1 Å². The van der Waals surface area contributed by atoms with Gasteiger partial charge in [-0.1, -0.05) is 12.1 Å². The van der Waals surface area contributed by atoms with Crippen molar-refractivity contribution in [2.75, 3.05) is 12.4 Å². The Labute approximate surface area is 138 Å². The quantitative estimate of drug-likeness (QED) is 0.783. The number of carbonyl (C=O) groups excluding carboxylic acids is 1. The largest absolute Gasteiger partial charge is 0.495 e. The van der Waals surface area contributed by atoms with E-state index in [0.717, 1.165) is 5.56 Å². The van der Waals surface area contributed by atoms with E-state index < -0.39 is 0 Å². The first kappa shape index (κ1) is 15.7. The van der Waals surface area contributed by atoms with Gasteiger partial charge in [0.25, 0.3) is 0 Å². The van der Waals surface area contributed by atoms with Crippen molar-refractivity contribution in [3.05, 3.63) is 66.6 Å². The summed E-state index contributed by atoms with van der Waals surface area (Å²) in [5.74, 6) is 0.0842. The molecule has 24 heavy (non-hydrogen) atoms. The number of para-hydroxylation sites is 2. The molecule has 0 aliphatic heterocycles. The van der Waals surface area contributed by atoms with E-state index in [9.17, 15) is 9.18 Å². The molecule has 0 aliphatic rings. The van der Waals surface area contributed by atoms with Crippen LogP contribution in [0.3, 0.4) is 0 Å². The third kappa shape index (κ3) is 3.60. The standard InChI is InChI=1S/C18H16FN3O2/c1-24-17-5-3-2-4-16(17)20-18(23)12-22-11-10-15(21-22)13-6-8-14(19)9-7-13/h2-11H,12H2,1H3,(H,20,23). The molecule has 1 amide bonds. The van der Waals surface area contributed by atoms with Crippen molar-refractivity contribution in [2.24, 2.45) is 0 Å². The molecule has 2 aromatic carbocycles. The number of nitrogens with one attached hydrogen (secondary N) is 1. The summed E-state index contributed by atoms with van der Waals surface area (Å²) in [6.45, 7) is 0.0687. The normalized spacial score (nSPS) is 10.4. The summed E-state index contributed by atoms with van der Waals surface area (Å²) in [6, 6.07) is 15.0. The third-order valence-electron chi connectivity index (χ3n) is 3.47. The molecule has 3 rings (SSSR count). The van der Waals surface area contributed by atoms with Gasteiger partial charge in [0, 0.05) is 11.8 Å². The predicted octanol–water partition coefficient (Wildman–Crippen LogP) is 3.34. The fourth-order valence-electron chi connectivity index (χ4n) is 2.31. The van der Waals surface area contributed by atoms with Crippen LogP contribution in [0.25, 0.3) is 11.3 Å². The fourth-order valence-corrected chi connectivity index (χ4v) is 2.31. The summed E-state index contributed by atoms with van der Waals surface area (Å²) in [4.78, 5) is 12.2. The van der Waals surface area contributed by atoms with Crippen LogP contribution in [0.15, 0.2) is 60.8 Å². The second-order valence-corrected chi connectivity index (χ2v) is 5.15. The van der Waals surface area contributed by atoms with E-state index in [0.29, 0.717) is 17.1 Å². The minimum Gasteiger partial charge on any atom is -0.495 e. The summed E-state index contributed by atoms with van der Waals surface area (Å²) in [5, 5.41) is 7.13. The number of benzene rings is 2. The minimum atomic E-state index is -0.297. The lowest BCUT2D eigenvalue weighted by Gasteiger charge is -2.09.